The smallest absolute Gasteiger partial charge is 0.226 e. The number of hydrogen-bond acceptors (Lipinski definition) is 2. The van der Waals surface area contributed by atoms with E-state index < -0.39 is 0 Å². The molecule has 4 nitrogen and oxygen atoms in total. The average Bonchev–Trinajstić information content (AvgIpc) is 3.70. The Balaban J connectivity index is 1.05. The Morgan fingerprint density at radius 3 is 2.71 bits per heavy atom. The molecule has 2 fully saturated rings. The van der Waals surface area contributed by atoms with Crippen molar-refractivity contribution in [2.75, 3.05) is 25.0 Å². The van der Waals surface area contributed by atoms with Gasteiger partial charge in [-0.05, 0) is 104 Å². The number of benzene rings is 3. The number of aromatic nitrogens is 1. The topological polar surface area (TPSA) is 48.1 Å². The number of aryl methyl sites for hydroxylation is 1. The third-order valence-corrected chi connectivity index (χ3v) is 9.76. The van der Waals surface area contributed by atoms with E-state index in [2.05, 4.69) is 82.0 Å². The zero-order chi connectivity index (χ0) is 28.8. The van der Waals surface area contributed by atoms with Crippen molar-refractivity contribution in [1.29, 1.82) is 0 Å². The van der Waals surface area contributed by atoms with E-state index in [1.54, 1.807) is 0 Å². The van der Waals surface area contributed by atoms with Gasteiger partial charge < -0.3 is 15.2 Å². The van der Waals surface area contributed by atoms with Crippen LogP contribution in [0.3, 0.4) is 0 Å². The van der Waals surface area contributed by atoms with Gasteiger partial charge in [0, 0.05) is 28.1 Å². The number of likely N-dealkylation sites (tertiary alicyclic amines) is 1. The third-order valence-electron chi connectivity index (χ3n) is 9.76. The Kier molecular flexibility index (Phi) is 7.31. The van der Waals surface area contributed by atoms with E-state index >= 15 is 0 Å². The van der Waals surface area contributed by atoms with Crippen molar-refractivity contribution in [2.24, 2.45) is 17.8 Å². The van der Waals surface area contributed by atoms with Crippen LogP contribution < -0.4 is 5.32 Å². The number of piperidine rings is 1. The largest absolute Gasteiger partial charge is 0.354 e. The van der Waals surface area contributed by atoms with E-state index in [0.717, 1.165) is 56.5 Å². The summed E-state index contributed by atoms with van der Waals surface area (Å²) in [5.74, 6) is 1.81. The Labute approximate surface area is 250 Å². The minimum atomic E-state index is -0.0178. The van der Waals surface area contributed by atoms with E-state index in [1.807, 2.05) is 19.9 Å². The molecule has 1 saturated carbocycles. The van der Waals surface area contributed by atoms with Gasteiger partial charge in [0.25, 0.3) is 0 Å². The van der Waals surface area contributed by atoms with Gasteiger partial charge in [0.05, 0.1) is 5.52 Å². The number of H-pyrrole nitrogens is 1. The molecule has 7 rings (SSSR count). The monoisotopic (exact) mass is 553 g/mol. The zero-order valence-corrected chi connectivity index (χ0v) is 24.8. The highest BCUT2D eigenvalue weighted by Crippen LogP contribution is 2.53. The van der Waals surface area contributed by atoms with E-state index in [0.29, 0.717) is 17.8 Å². The molecule has 2 aliphatic carbocycles. The van der Waals surface area contributed by atoms with Gasteiger partial charge in [-0.25, -0.2) is 0 Å². The van der Waals surface area contributed by atoms with Crippen molar-refractivity contribution >= 4 is 46.7 Å². The van der Waals surface area contributed by atoms with Crippen LogP contribution >= 0.6 is 0 Å². The van der Waals surface area contributed by atoms with Gasteiger partial charge in [-0.15, -0.1) is 0 Å². The fourth-order valence-electron chi connectivity index (χ4n) is 7.23. The first kappa shape index (κ1) is 27.3. The zero-order valence-electron chi connectivity index (χ0n) is 24.8. The van der Waals surface area contributed by atoms with E-state index in [1.165, 1.54) is 50.5 Å². The molecule has 2 radical (unpaired) electrons. The molecule has 2 atom stereocenters. The lowest BCUT2D eigenvalue weighted by Gasteiger charge is -2.32. The average molecular weight is 554 g/mol. The maximum absolute atomic E-state index is 12.2. The van der Waals surface area contributed by atoms with Crippen LogP contribution in [0.25, 0.3) is 27.2 Å². The number of nitrogens with zero attached hydrogens (tertiary/aromatic N) is 1. The van der Waals surface area contributed by atoms with Gasteiger partial charge in [0.15, 0.2) is 0 Å². The lowest BCUT2D eigenvalue weighted by molar-refractivity contribution is -0.118. The minimum absolute atomic E-state index is 0.0178. The first-order chi connectivity index (χ1) is 20.5. The predicted octanol–water partition coefficient (Wildman–Crippen LogP) is 7.81. The van der Waals surface area contributed by atoms with E-state index in [4.69, 9.17) is 7.85 Å². The summed E-state index contributed by atoms with van der Waals surface area (Å²) in [4.78, 5) is 18.7. The Morgan fingerprint density at radius 2 is 1.88 bits per heavy atom. The Bertz CT molecular complexity index is 1700. The third kappa shape index (κ3) is 5.24. The molecule has 1 aromatic heterocycles. The highest BCUT2D eigenvalue weighted by atomic mass is 16.1. The first-order valence-electron chi connectivity index (χ1n) is 15.8. The second-order valence-electron chi connectivity index (χ2n) is 12.9. The van der Waals surface area contributed by atoms with Crippen LogP contribution in [0.5, 0.6) is 0 Å². The normalized spacial score (nSPS) is 20.9. The van der Waals surface area contributed by atoms with Crippen LogP contribution in [-0.2, 0) is 11.2 Å². The second-order valence-corrected chi connectivity index (χ2v) is 12.9. The summed E-state index contributed by atoms with van der Waals surface area (Å²) in [6, 6.07) is 21.7. The fraction of sp³-hybridized carbons (Fsp3) is 0.378. The van der Waals surface area contributed by atoms with Gasteiger partial charge in [-0.2, -0.15) is 0 Å². The highest BCUT2D eigenvalue weighted by molar-refractivity contribution is 6.28. The number of fused-ring (bicyclic) bond motifs is 4. The lowest BCUT2D eigenvalue weighted by Crippen LogP contribution is -2.33. The standard InChI is InChI=1S/C37H40BN3O/c1-23(2)37(42)39-28-9-5-8-26(21-28)24-16-19-41(20-17-24)18-6-11-30-31-14-12-25-7-3-4-10-29(25)35(31)40-36(30)34-32-22-27(32)13-15-33(34)38/h3-5,7-10,12-15,21,23-24,27,32,40H,6,11,16-20,22H2,1-2H3,(H,39,42). The summed E-state index contributed by atoms with van der Waals surface area (Å²) >= 11 is 0. The number of carbonyl (C=O) groups is 1. The number of nitrogens with one attached hydrogen (secondary N) is 2. The van der Waals surface area contributed by atoms with Gasteiger partial charge in [-0.3, -0.25) is 4.79 Å². The summed E-state index contributed by atoms with van der Waals surface area (Å²) in [7, 11) is 6.63. The molecule has 2 N–H and O–H groups in total. The second kappa shape index (κ2) is 11.3. The quantitative estimate of drug-likeness (QED) is 0.219. The molecule has 2 heterocycles. The van der Waals surface area contributed by atoms with Gasteiger partial charge in [-0.1, -0.05) is 80.0 Å². The predicted molar refractivity (Wildman–Crippen MR) is 176 cm³/mol. The summed E-state index contributed by atoms with van der Waals surface area (Å²) in [6.07, 6.45) is 10.1. The number of rotatable bonds is 8. The van der Waals surface area contributed by atoms with Crippen molar-refractivity contribution in [1.82, 2.24) is 9.88 Å². The molecule has 5 heteroatoms. The van der Waals surface area contributed by atoms with E-state index in [9.17, 15) is 4.79 Å². The molecular formula is C37H40BN3O. The number of allylic oxidation sites excluding steroid dienone is 4. The molecule has 42 heavy (non-hydrogen) atoms. The first-order valence-corrected chi connectivity index (χ1v) is 15.8. The maximum atomic E-state index is 12.2. The molecule has 1 saturated heterocycles. The molecular weight excluding hydrogens is 513 g/mol. The van der Waals surface area contributed by atoms with Crippen molar-refractivity contribution in [3.8, 4) is 0 Å². The van der Waals surface area contributed by atoms with Crippen molar-refractivity contribution in [2.45, 2.75) is 51.9 Å². The van der Waals surface area contributed by atoms with Crippen LogP contribution in [0.15, 0.2) is 78.3 Å². The number of hydrogen-bond donors (Lipinski definition) is 2. The molecule has 0 spiro atoms. The minimum Gasteiger partial charge on any atom is -0.354 e. The summed E-state index contributed by atoms with van der Waals surface area (Å²) < 4.78 is 0. The number of anilines is 1. The highest BCUT2D eigenvalue weighted by Gasteiger charge is 2.42. The molecule has 212 valence electrons. The summed E-state index contributed by atoms with van der Waals surface area (Å²) in [5, 5.41) is 6.97. The number of amides is 1. The number of carbonyl (C=O) groups excluding carboxylic acids is 1. The summed E-state index contributed by atoms with van der Waals surface area (Å²) in [5.41, 5.74) is 8.49. The Hall–Kier alpha value is -3.57. The fourth-order valence-corrected chi connectivity index (χ4v) is 7.23. The van der Waals surface area contributed by atoms with E-state index in [-0.39, 0.29) is 11.8 Å². The molecule has 2 unspecified atom stereocenters. The Morgan fingerprint density at radius 1 is 1.05 bits per heavy atom. The van der Waals surface area contributed by atoms with Crippen LogP contribution in [0.2, 0.25) is 0 Å². The molecule has 1 aliphatic heterocycles. The van der Waals surface area contributed by atoms with Gasteiger partial charge in [0.2, 0.25) is 5.91 Å². The molecule has 0 bridgehead atoms. The maximum Gasteiger partial charge on any atom is 0.226 e. The molecule has 3 aliphatic rings. The lowest BCUT2D eigenvalue weighted by atomic mass is 9.81. The summed E-state index contributed by atoms with van der Waals surface area (Å²) in [6.45, 7) is 7.20. The molecule has 3 aromatic carbocycles. The van der Waals surface area contributed by atoms with Crippen LogP contribution in [0.1, 0.15) is 62.3 Å². The van der Waals surface area contributed by atoms with Crippen LogP contribution in [-0.4, -0.2) is 43.3 Å². The SMILES string of the molecule is [B]C1=C(c2[nH]c3c(ccc4ccccc43)c2CCCN2CCC(c3cccc(NC(=O)C(C)C)c3)CC2)C2CC2C=C1. The molecule has 1 amide bonds. The van der Waals surface area contributed by atoms with Crippen LogP contribution in [0, 0.1) is 17.8 Å². The van der Waals surface area contributed by atoms with Crippen LogP contribution in [0.4, 0.5) is 5.69 Å². The van der Waals surface area contributed by atoms with Crippen molar-refractivity contribution < 1.29 is 4.79 Å². The van der Waals surface area contributed by atoms with Crippen molar-refractivity contribution in [3.05, 3.63) is 95.1 Å². The van der Waals surface area contributed by atoms with Gasteiger partial charge >= 0.3 is 0 Å². The number of aromatic amines is 1. The van der Waals surface area contributed by atoms with Gasteiger partial charge in [0.1, 0.15) is 7.85 Å². The van der Waals surface area contributed by atoms with Crippen molar-refractivity contribution in [3.63, 3.8) is 0 Å². The molecule has 4 aromatic rings.